The summed E-state index contributed by atoms with van der Waals surface area (Å²) in [7, 11) is 0. The number of phenols is 2. The van der Waals surface area contributed by atoms with Gasteiger partial charge < -0.3 is 10.2 Å². The van der Waals surface area contributed by atoms with Crippen LogP contribution >= 0.6 is 11.3 Å². The first-order valence-corrected chi connectivity index (χ1v) is 8.82. The lowest BCUT2D eigenvalue weighted by Crippen LogP contribution is -2.14. The molecular formula is C19H19N3O2S. The molecule has 3 aromatic rings. The molecule has 128 valence electrons. The fraction of sp³-hybridized carbons (Fsp3) is 0.158. The molecular weight excluding hydrogens is 334 g/mol. The number of thiazole rings is 1. The fourth-order valence-corrected chi connectivity index (χ4v) is 3.37. The van der Waals surface area contributed by atoms with Gasteiger partial charge in [-0.1, -0.05) is 30.3 Å². The number of hydrogen-bond donors (Lipinski definition) is 2. The molecule has 6 heteroatoms. The van der Waals surface area contributed by atoms with Gasteiger partial charge in [-0.15, -0.1) is 11.3 Å². The zero-order chi connectivity index (χ0) is 17.8. The first-order chi connectivity index (χ1) is 12.1. The summed E-state index contributed by atoms with van der Waals surface area (Å²) in [5.41, 5.74) is 3.18. The second kappa shape index (κ2) is 7.36. The van der Waals surface area contributed by atoms with E-state index in [0.29, 0.717) is 17.8 Å². The Hall–Kier alpha value is -2.86. The van der Waals surface area contributed by atoms with E-state index in [1.54, 1.807) is 10.7 Å². The standard InChI is InChI=1S/C19H19N3O2S/c1-3-20-19-22(17(12-25-19)14-7-5-4-6-8-14)21-13(2)16-10-9-15(23)11-18(16)24/h4-12,23-24H,3H2,1-2H3. The van der Waals surface area contributed by atoms with Crippen LogP contribution in [-0.4, -0.2) is 27.1 Å². The van der Waals surface area contributed by atoms with Gasteiger partial charge in [0.25, 0.3) is 0 Å². The largest absolute Gasteiger partial charge is 0.508 e. The third kappa shape index (κ3) is 3.64. The summed E-state index contributed by atoms with van der Waals surface area (Å²) in [6.07, 6.45) is 0. The Morgan fingerprint density at radius 2 is 1.88 bits per heavy atom. The monoisotopic (exact) mass is 353 g/mol. The first-order valence-electron chi connectivity index (χ1n) is 7.94. The highest BCUT2D eigenvalue weighted by molar-refractivity contribution is 7.07. The van der Waals surface area contributed by atoms with Crippen LogP contribution in [0.4, 0.5) is 0 Å². The maximum Gasteiger partial charge on any atom is 0.206 e. The predicted octanol–water partition coefficient (Wildman–Crippen LogP) is 3.82. The van der Waals surface area contributed by atoms with E-state index >= 15 is 0 Å². The minimum atomic E-state index is -0.00711. The minimum absolute atomic E-state index is 0.00711. The van der Waals surface area contributed by atoms with Gasteiger partial charge in [0.2, 0.25) is 4.80 Å². The van der Waals surface area contributed by atoms with Crippen LogP contribution in [0.1, 0.15) is 19.4 Å². The molecule has 0 fully saturated rings. The molecule has 0 unspecified atom stereocenters. The molecule has 0 aliphatic rings. The molecule has 0 radical (unpaired) electrons. The number of nitrogens with zero attached hydrogens (tertiary/aromatic N) is 3. The lowest BCUT2D eigenvalue weighted by Gasteiger charge is -2.08. The summed E-state index contributed by atoms with van der Waals surface area (Å²) in [5.74, 6) is 0.0104. The molecule has 0 amide bonds. The average molecular weight is 353 g/mol. The van der Waals surface area contributed by atoms with E-state index in [-0.39, 0.29) is 11.5 Å². The normalized spacial score (nSPS) is 12.6. The molecule has 0 aliphatic heterocycles. The highest BCUT2D eigenvalue weighted by Crippen LogP contribution is 2.24. The van der Waals surface area contributed by atoms with Gasteiger partial charge in [0.15, 0.2) is 0 Å². The Labute approximate surface area is 149 Å². The molecule has 0 bridgehead atoms. The zero-order valence-electron chi connectivity index (χ0n) is 14.0. The van der Waals surface area contributed by atoms with Gasteiger partial charge in [-0.25, -0.2) is 4.68 Å². The predicted molar refractivity (Wildman–Crippen MR) is 101 cm³/mol. The number of aromatic nitrogens is 1. The summed E-state index contributed by atoms with van der Waals surface area (Å²) in [5, 5.41) is 26.3. The van der Waals surface area contributed by atoms with Crippen molar-refractivity contribution in [2.45, 2.75) is 13.8 Å². The molecule has 2 aromatic carbocycles. The van der Waals surface area contributed by atoms with Crippen LogP contribution in [0.15, 0.2) is 64.0 Å². The van der Waals surface area contributed by atoms with Crippen molar-refractivity contribution in [2.24, 2.45) is 10.1 Å². The number of aromatic hydroxyl groups is 2. The number of rotatable bonds is 4. The van der Waals surface area contributed by atoms with E-state index in [4.69, 9.17) is 0 Å². The molecule has 2 N–H and O–H groups in total. The Morgan fingerprint density at radius 3 is 2.56 bits per heavy atom. The molecule has 5 nitrogen and oxygen atoms in total. The number of hydrogen-bond acceptors (Lipinski definition) is 5. The van der Waals surface area contributed by atoms with Crippen LogP contribution in [0.5, 0.6) is 11.5 Å². The summed E-state index contributed by atoms with van der Waals surface area (Å²) in [6.45, 7) is 4.46. The van der Waals surface area contributed by atoms with Crippen molar-refractivity contribution in [1.82, 2.24) is 4.68 Å². The second-order valence-electron chi connectivity index (χ2n) is 5.44. The van der Waals surface area contributed by atoms with Crippen LogP contribution < -0.4 is 4.80 Å². The second-order valence-corrected chi connectivity index (χ2v) is 6.28. The lowest BCUT2D eigenvalue weighted by atomic mass is 10.1. The van der Waals surface area contributed by atoms with Gasteiger partial charge in [-0.3, -0.25) is 4.99 Å². The van der Waals surface area contributed by atoms with Crippen molar-refractivity contribution in [3.8, 4) is 22.8 Å². The van der Waals surface area contributed by atoms with Gasteiger partial charge in [0, 0.05) is 29.1 Å². The molecule has 25 heavy (non-hydrogen) atoms. The smallest absolute Gasteiger partial charge is 0.206 e. The van der Waals surface area contributed by atoms with Gasteiger partial charge in [-0.2, -0.15) is 5.10 Å². The summed E-state index contributed by atoms with van der Waals surface area (Å²) in [6, 6.07) is 14.5. The quantitative estimate of drug-likeness (QED) is 0.700. The van der Waals surface area contributed by atoms with E-state index < -0.39 is 0 Å². The summed E-state index contributed by atoms with van der Waals surface area (Å²) >= 11 is 1.53. The highest BCUT2D eigenvalue weighted by atomic mass is 32.1. The molecule has 1 heterocycles. The molecule has 0 saturated heterocycles. The van der Waals surface area contributed by atoms with E-state index in [0.717, 1.165) is 16.1 Å². The molecule has 0 aliphatic carbocycles. The van der Waals surface area contributed by atoms with Gasteiger partial charge in [-0.05, 0) is 26.0 Å². The third-order valence-corrected chi connectivity index (χ3v) is 4.52. The van der Waals surface area contributed by atoms with Crippen molar-refractivity contribution >= 4 is 17.0 Å². The first kappa shape index (κ1) is 17.0. The van der Waals surface area contributed by atoms with Crippen molar-refractivity contribution in [3.05, 3.63) is 64.3 Å². The van der Waals surface area contributed by atoms with E-state index in [2.05, 4.69) is 10.1 Å². The van der Waals surface area contributed by atoms with Gasteiger partial charge in [0.1, 0.15) is 11.5 Å². The molecule has 0 spiro atoms. The highest BCUT2D eigenvalue weighted by Gasteiger charge is 2.10. The Balaban J connectivity index is 2.15. The van der Waals surface area contributed by atoms with Gasteiger partial charge >= 0.3 is 0 Å². The van der Waals surface area contributed by atoms with Crippen LogP contribution in [0.25, 0.3) is 11.3 Å². The van der Waals surface area contributed by atoms with E-state index in [1.165, 1.54) is 23.5 Å². The van der Waals surface area contributed by atoms with Crippen LogP contribution in [0.3, 0.4) is 0 Å². The number of phenolic OH excluding ortho intramolecular Hbond substituents is 2. The van der Waals surface area contributed by atoms with E-state index in [9.17, 15) is 10.2 Å². The summed E-state index contributed by atoms with van der Waals surface area (Å²) < 4.78 is 1.80. The van der Waals surface area contributed by atoms with Crippen molar-refractivity contribution in [2.75, 3.05) is 6.54 Å². The molecule has 3 rings (SSSR count). The van der Waals surface area contributed by atoms with Crippen molar-refractivity contribution in [3.63, 3.8) is 0 Å². The molecule has 0 atom stereocenters. The van der Waals surface area contributed by atoms with E-state index in [1.807, 2.05) is 49.6 Å². The number of benzene rings is 2. The summed E-state index contributed by atoms with van der Waals surface area (Å²) in [4.78, 5) is 5.30. The Morgan fingerprint density at radius 1 is 1.12 bits per heavy atom. The topological polar surface area (TPSA) is 70.1 Å². The Kier molecular flexibility index (Phi) is 5.00. The lowest BCUT2D eigenvalue weighted by molar-refractivity contribution is 0.450. The van der Waals surface area contributed by atoms with Crippen LogP contribution in [-0.2, 0) is 0 Å². The minimum Gasteiger partial charge on any atom is -0.508 e. The maximum absolute atomic E-state index is 10.1. The average Bonchev–Trinajstić information content (AvgIpc) is 2.98. The van der Waals surface area contributed by atoms with Crippen LogP contribution in [0.2, 0.25) is 0 Å². The maximum atomic E-state index is 10.1. The SMILES string of the molecule is CCN=c1scc(-c2ccccc2)n1N=C(C)c1ccc(O)cc1O. The fourth-order valence-electron chi connectivity index (χ4n) is 2.48. The zero-order valence-corrected chi connectivity index (χ0v) is 14.9. The van der Waals surface area contributed by atoms with Crippen LogP contribution in [0, 0.1) is 0 Å². The van der Waals surface area contributed by atoms with Crippen molar-refractivity contribution in [1.29, 1.82) is 0 Å². The molecule has 0 saturated carbocycles. The third-order valence-electron chi connectivity index (χ3n) is 3.67. The Bertz CT molecular complexity index is 972. The van der Waals surface area contributed by atoms with Gasteiger partial charge in [0.05, 0.1) is 11.4 Å². The van der Waals surface area contributed by atoms with Crippen molar-refractivity contribution < 1.29 is 10.2 Å². The molecule has 1 aromatic heterocycles.